The molecule has 0 aromatic rings. The summed E-state index contributed by atoms with van der Waals surface area (Å²) >= 11 is 0. The summed E-state index contributed by atoms with van der Waals surface area (Å²) in [5.41, 5.74) is 0. The van der Waals surface area contributed by atoms with Crippen LogP contribution in [0.15, 0.2) is 0 Å². The number of hydrogen-bond acceptors (Lipinski definition) is 2. The number of hydrogen-bond donors (Lipinski definition) is 2. The van der Waals surface area contributed by atoms with Crippen molar-refractivity contribution in [2.24, 2.45) is 11.8 Å². The second kappa shape index (κ2) is 5.22. The summed E-state index contributed by atoms with van der Waals surface area (Å²) in [6, 6.07) is 0. The van der Waals surface area contributed by atoms with Crippen LogP contribution in [0.3, 0.4) is 0 Å². The summed E-state index contributed by atoms with van der Waals surface area (Å²) in [6.07, 6.45) is 2.16. The zero-order valence-corrected chi connectivity index (χ0v) is 8.60. The van der Waals surface area contributed by atoms with Gasteiger partial charge in [-0.2, -0.15) is 0 Å². The maximum atomic E-state index is 11.6. The number of carbonyl (C=O) groups is 1. The van der Waals surface area contributed by atoms with Crippen LogP contribution in [-0.4, -0.2) is 25.5 Å². The Bertz CT molecular complexity index is 162. The highest BCUT2D eigenvalue weighted by Crippen LogP contribution is 2.09. The molecule has 0 spiro atoms. The maximum absolute atomic E-state index is 11.6. The molecule has 2 N–H and O–H groups in total. The average molecular weight is 184 g/mol. The van der Waals surface area contributed by atoms with E-state index in [0.29, 0.717) is 5.92 Å². The molecule has 0 saturated carbocycles. The Balaban J connectivity index is 2.21. The van der Waals surface area contributed by atoms with Gasteiger partial charge < -0.3 is 10.6 Å². The fourth-order valence-electron chi connectivity index (χ4n) is 1.52. The van der Waals surface area contributed by atoms with Gasteiger partial charge in [0.1, 0.15) is 0 Å². The van der Waals surface area contributed by atoms with Gasteiger partial charge in [-0.3, -0.25) is 4.79 Å². The third-order valence-electron chi connectivity index (χ3n) is 2.35. The molecule has 1 fully saturated rings. The summed E-state index contributed by atoms with van der Waals surface area (Å²) < 4.78 is 0. The summed E-state index contributed by atoms with van der Waals surface area (Å²) in [5.74, 6) is 0.967. The minimum atomic E-state index is 0.201. The highest BCUT2D eigenvalue weighted by atomic mass is 16.1. The fourth-order valence-corrected chi connectivity index (χ4v) is 1.52. The van der Waals surface area contributed by atoms with Crippen molar-refractivity contribution in [3.05, 3.63) is 0 Å². The Morgan fingerprint density at radius 3 is 2.92 bits per heavy atom. The summed E-state index contributed by atoms with van der Waals surface area (Å²) in [4.78, 5) is 11.6. The van der Waals surface area contributed by atoms with Crippen molar-refractivity contribution in [3.63, 3.8) is 0 Å². The highest BCUT2D eigenvalue weighted by Gasteiger charge is 2.20. The van der Waals surface area contributed by atoms with Crippen molar-refractivity contribution >= 4 is 5.91 Å². The zero-order valence-electron chi connectivity index (χ0n) is 8.60. The van der Waals surface area contributed by atoms with Crippen molar-refractivity contribution in [2.75, 3.05) is 19.6 Å². The van der Waals surface area contributed by atoms with Gasteiger partial charge in [0.05, 0.1) is 5.92 Å². The standard InChI is InChI=1S/C10H20N2O/c1-8(2)6-12-10(13)9-4-3-5-11-7-9/h8-9,11H,3-7H2,1-2H3,(H,12,13). The number of carbonyl (C=O) groups excluding carboxylic acids is 1. The average Bonchev–Trinajstić information content (AvgIpc) is 2.15. The molecule has 1 atom stereocenters. The van der Waals surface area contributed by atoms with E-state index in [-0.39, 0.29) is 11.8 Å². The molecule has 1 aliphatic rings. The van der Waals surface area contributed by atoms with Crippen LogP contribution < -0.4 is 10.6 Å². The van der Waals surface area contributed by atoms with Crippen molar-refractivity contribution in [3.8, 4) is 0 Å². The molecule has 0 bridgehead atoms. The first-order valence-electron chi connectivity index (χ1n) is 5.18. The molecule has 13 heavy (non-hydrogen) atoms. The van der Waals surface area contributed by atoms with E-state index < -0.39 is 0 Å². The quantitative estimate of drug-likeness (QED) is 0.680. The van der Waals surface area contributed by atoms with E-state index in [1.165, 1.54) is 0 Å². The van der Waals surface area contributed by atoms with Crippen LogP contribution in [0.25, 0.3) is 0 Å². The Hall–Kier alpha value is -0.570. The van der Waals surface area contributed by atoms with E-state index in [9.17, 15) is 4.79 Å². The molecule has 1 amide bonds. The monoisotopic (exact) mass is 184 g/mol. The minimum absolute atomic E-state index is 0.201. The third kappa shape index (κ3) is 3.77. The molecule has 1 unspecified atom stereocenters. The molecule has 76 valence electrons. The molecule has 0 aromatic carbocycles. The lowest BCUT2D eigenvalue weighted by atomic mass is 9.99. The molecular formula is C10H20N2O. The largest absolute Gasteiger partial charge is 0.356 e. The number of rotatable bonds is 3. The minimum Gasteiger partial charge on any atom is -0.356 e. The van der Waals surface area contributed by atoms with Gasteiger partial charge >= 0.3 is 0 Å². The molecule has 1 heterocycles. The van der Waals surface area contributed by atoms with Crippen molar-refractivity contribution < 1.29 is 4.79 Å². The molecule has 3 heteroatoms. The van der Waals surface area contributed by atoms with E-state index in [0.717, 1.165) is 32.5 Å². The van der Waals surface area contributed by atoms with Gasteiger partial charge in [0.25, 0.3) is 0 Å². The van der Waals surface area contributed by atoms with Gasteiger partial charge in [-0.15, -0.1) is 0 Å². The van der Waals surface area contributed by atoms with E-state index in [1.54, 1.807) is 0 Å². The van der Waals surface area contributed by atoms with Crippen LogP contribution in [0, 0.1) is 11.8 Å². The Morgan fingerprint density at radius 1 is 1.62 bits per heavy atom. The Labute approximate surface area is 80.3 Å². The van der Waals surface area contributed by atoms with E-state index in [2.05, 4.69) is 24.5 Å². The summed E-state index contributed by atoms with van der Waals surface area (Å²) in [6.45, 7) is 6.94. The van der Waals surface area contributed by atoms with Gasteiger partial charge in [0.2, 0.25) is 5.91 Å². The first-order valence-corrected chi connectivity index (χ1v) is 5.18. The third-order valence-corrected chi connectivity index (χ3v) is 2.35. The fraction of sp³-hybridized carbons (Fsp3) is 0.900. The Morgan fingerprint density at radius 2 is 2.38 bits per heavy atom. The normalized spacial score (nSPS) is 23.2. The number of amides is 1. The summed E-state index contributed by atoms with van der Waals surface area (Å²) in [7, 11) is 0. The lowest BCUT2D eigenvalue weighted by Gasteiger charge is -2.22. The molecule has 1 saturated heterocycles. The van der Waals surface area contributed by atoms with Gasteiger partial charge in [-0.1, -0.05) is 13.8 Å². The van der Waals surface area contributed by atoms with E-state index in [4.69, 9.17) is 0 Å². The van der Waals surface area contributed by atoms with Crippen LogP contribution in [0.5, 0.6) is 0 Å². The predicted molar refractivity (Wildman–Crippen MR) is 53.4 cm³/mol. The number of piperidine rings is 1. The van der Waals surface area contributed by atoms with Gasteiger partial charge in [0, 0.05) is 13.1 Å². The topological polar surface area (TPSA) is 41.1 Å². The van der Waals surface area contributed by atoms with Crippen molar-refractivity contribution in [2.45, 2.75) is 26.7 Å². The summed E-state index contributed by atoms with van der Waals surface area (Å²) in [5, 5.41) is 6.22. The van der Waals surface area contributed by atoms with E-state index >= 15 is 0 Å². The van der Waals surface area contributed by atoms with Crippen LogP contribution in [0.1, 0.15) is 26.7 Å². The van der Waals surface area contributed by atoms with Gasteiger partial charge in [-0.25, -0.2) is 0 Å². The molecule has 3 nitrogen and oxygen atoms in total. The second-order valence-electron chi connectivity index (χ2n) is 4.18. The molecule has 0 radical (unpaired) electrons. The highest BCUT2D eigenvalue weighted by molar-refractivity contribution is 5.78. The molecular weight excluding hydrogens is 164 g/mol. The molecule has 0 aliphatic carbocycles. The van der Waals surface area contributed by atoms with Gasteiger partial charge in [-0.05, 0) is 25.3 Å². The zero-order chi connectivity index (χ0) is 9.68. The maximum Gasteiger partial charge on any atom is 0.224 e. The van der Waals surface area contributed by atoms with E-state index in [1.807, 2.05) is 0 Å². The van der Waals surface area contributed by atoms with Crippen LogP contribution >= 0.6 is 0 Å². The lowest BCUT2D eigenvalue weighted by molar-refractivity contribution is -0.125. The lowest BCUT2D eigenvalue weighted by Crippen LogP contribution is -2.41. The van der Waals surface area contributed by atoms with Crippen molar-refractivity contribution in [1.29, 1.82) is 0 Å². The molecule has 1 aliphatic heterocycles. The SMILES string of the molecule is CC(C)CNC(=O)C1CCCNC1. The van der Waals surface area contributed by atoms with Crippen LogP contribution in [-0.2, 0) is 4.79 Å². The predicted octanol–water partition coefficient (Wildman–Crippen LogP) is 0.758. The van der Waals surface area contributed by atoms with Crippen LogP contribution in [0.4, 0.5) is 0 Å². The van der Waals surface area contributed by atoms with Crippen LogP contribution in [0.2, 0.25) is 0 Å². The molecule has 0 aromatic heterocycles. The first kappa shape index (κ1) is 10.5. The van der Waals surface area contributed by atoms with Crippen molar-refractivity contribution in [1.82, 2.24) is 10.6 Å². The Kier molecular flexibility index (Phi) is 4.22. The first-order chi connectivity index (χ1) is 6.20. The van der Waals surface area contributed by atoms with Gasteiger partial charge in [0.15, 0.2) is 0 Å². The second-order valence-corrected chi connectivity index (χ2v) is 4.18. The smallest absolute Gasteiger partial charge is 0.224 e. The molecule has 1 rings (SSSR count). The number of nitrogens with one attached hydrogen (secondary N) is 2.